The summed E-state index contributed by atoms with van der Waals surface area (Å²) in [5.74, 6) is 0.168. The van der Waals surface area contributed by atoms with Crippen LogP contribution in [0.2, 0.25) is 0 Å². The average Bonchev–Trinajstić information content (AvgIpc) is 2.55. The molecule has 0 radical (unpaired) electrons. The van der Waals surface area contributed by atoms with Gasteiger partial charge in [0.15, 0.2) is 5.78 Å². The standard InChI is InChI=1S/C18H27N3O2/c1-3-4-5-18(23)19-16-8-6-15(7-9-16)17(22)14-21-12-10-20(2)11-13-21/h6-9H,3-5,10-14H2,1-2H3,(H,19,23). The van der Waals surface area contributed by atoms with Crippen LogP contribution in [-0.2, 0) is 4.79 Å². The van der Waals surface area contributed by atoms with Crippen LogP contribution in [0.1, 0.15) is 36.5 Å². The summed E-state index contributed by atoms with van der Waals surface area (Å²) in [6.45, 7) is 6.43. The number of anilines is 1. The van der Waals surface area contributed by atoms with Gasteiger partial charge >= 0.3 is 0 Å². The van der Waals surface area contributed by atoms with Crippen molar-refractivity contribution in [1.82, 2.24) is 9.80 Å². The van der Waals surface area contributed by atoms with E-state index in [1.54, 1.807) is 24.3 Å². The lowest BCUT2D eigenvalue weighted by Crippen LogP contribution is -2.46. The molecule has 1 N–H and O–H groups in total. The molecule has 0 unspecified atom stereocenters. The van der Waals surface area contributed by atoms with Gasteiger partial charge in [-0.05, 0) is 37.7 Å². The van der Waals surface area contributed by atoms with E-state index in [2.05, 4.69) is 29.1 Å². The highest BCUT2D eigenvalue weighted by Gasteiger charge is 2.17. The van der Waals surface area contributed by atoms with E-state index < -0.39 is 0 Å². The predicted octanol–water partition coefficient (Wildman–Crippen LogP) is 2.25. The number of hydrogen-bond donors (Lipinski definition) is 1. The number of ketones is 1. The van der Waals surface area contributed by atoms with Crippen LogP contribution < -0.4 is 5.32 Å². The van der Waals surface area contributed by atoms with E-state index in [-0.39, 0.29) is 11.7 Å². The molecule has 0 spiro atoms. The molecule has 1 saturated heterocycles. The molecule has 0 aromatic heterocycles. The van der Waals surface area contributed by atoms with Gasteiger partial charge in [0, 0.05) is 43.9 Å². The van der Waals surface area contributed by atoms with Crippen molar-refractivity contribution in [3.05, 3.63) is 29.8 Å². The average molecular weight is 317 g/mol. The topological polar surface area (TPSA) is 52.7 Å². The molecule has 1 fully saturated rings. The van der Waals surface area contributed by atoms with E-state index >= 15 is 0 Å². The highest BCUT2D eigenvalue weighted by atomic mass is 16.1. The van der Waals surface area contributed by atoms with Crippen molar-refractivity contribution in [1.29, 1.82) is 0 Å². The van der Waals surface area contributed by atoms with Gasteiger partial charge in [-0.15, -0.1) is 0 Å². The van der Waals surface area contributed by atoms with Gasteiger partial charge < -0.3 is 10.2 Å². The predicted molar refractivity (Wildman–Crippen MR) is 92.9 cm³/mol. The summed E-state index contributed by atoms with van der Waals surface area (Å²) in [6.07, 6.45) is 2.45. The van der Waals surface area contributed by atoms with Crippen molar-refractivity contribution in [2.45, 2.75) is 26.2 Å². The maximum absolute atomic E-state index is 12.3. The second-order valence-electron chi connectivity index (χ2n) is 6.23. The van der Waals surface area contributed by atoms with Crippen LogP contribution in [0.25, 0.3) is 0 Å². The van der Waals surface area contributed by atoms with Crippen LogP contribution in [0.15, 0.2) is 24.3 Å². The molecule has 1 amide bonds. The van der Waals surface area contributed by atoms with Crippen molar-refractivity contribution in [3.8, 4) is 0 Å². The summed E-state index contributed by atoms with van der Waals surface area (Å²) < 4.78 is 0. The normalized spacial score (nSPS) is 16.3. The first-order chi connectivity index (χ1) is 11.1. The molecule has 23 heavy (non-hydrogen) atoms. The molecule has 5 heteroatoms. The van der Waals surface area contributed by atoms with E-state index in [0.29, 0.717) is 18.5 Å². The minimum absolute atomic E-state index is 0.0309. The number of amides is 1. The Morgan fingerprint density at radius 3 is 2.35 bits per heavy atom. The number of benzene rings is 1. The van der Waals surface area contributed by atoms with Crippen molar-refractivity contribution >= 4 is 17.4 Å². The summed E-state index contributed by atoms with van der Waals surface area (Å²) in [7, 11) is 2.10. The van der Waals surface area contributed by atoms with Crippen LogP contribution in [-0.4, -0.2) is 61.3 Å². The summed E-state index contributed by atoms with van der Waals surface area (Å²) in [5.41, 5.74) is 1.46. The first-order valence-electron chi connectivity index (χ1n) is 8.42. The molecule has 0 atom stereocenters. The molecule has 0 aliphatic carbocycles. The fourth-order valence-electron chi connectivity index (χ4n) is 2.60. The smallest absolute Gasteiger partial charge is 0.224 e. The Bertz CT molecular complexity index is 520. The Kier molecular flexibility index (Phi) is 6.74. The van der Waals surface area contributed by atoms with Gasteiger partial charge in [0.1, 0.15) is 0 Å². The first kappa shape index (κ1) is 17.6. The Labute approximate surface area is 138 Å². The van der Waals surface area contributed by atoms with Crippen molar-refractivity contribution in [3.63, 3.8) is 0 Å². The van der Waals surface area contributed by atoms with Crippen LogP contribution in [0, 0.1) is 0 Å². The molecule has 5 nitrogen and oxygen atoms in total. The zero-order valence-corrected chi connectivity index (χ0v) is 14.2. The number of unbranched alkanes of at least 4 members (excludes halogenated alkanes) is 1. The number of hydrogen-bond acceptors (Lipinski definition) is 4. The highest BCUT2D eigenvalue weighted by molar-refractivity contribution is 5.98. The van der Waals surface area contributed by atoms with Gasteiger partial charge in [-0.3, -0.25) is 14.5 Å². The molecule has 0 saturated carbocycles. The maximum Gasteiger partial charge on any atom is 0.224 e. The third-order valence-corrected chi connectivity index (χ3v) is 4.21. The number of carbonyl (C=O) groups is 2. The van der Waals surface area contributed by atoms with Crippen LogP contribution in [0.4, 0.5) is 5.69 Å². The van der Waals surface area contributed by atoms with E-state index in [4.69, 9.17) is 0 Å². The molecule has 0 bridgehead atoms. The molecular weight excluding hydrogens is 290 g/mol. The third-order valence-electron chi connectivity index (χ3n) is 4.21. The number of likely N-dealkylation sites (N-methyl/N-ethyl adjacent to an activating group) is 1. The van der Waals surface area contributed by atoms with Gasteiger partial charge in [0.05, 0.1) is 6.54 Å². The number of nitrogens with zero attached hydrogens (tertiary/aromatic N) is 2. The zero-order valence-electron chi connectivity index (χ0n) is 14.2. The lowest BCUT2D eigenvalue weighted by molar-refractivity contribution is -0.116. The van der Waals surface area contributed by atoms with Gasteiger partial charge in [0.25, 0.3) is 0 Å². The summed E-state index contributed by atoms with van der Waals surface area (Å²) in [6, 6.07) is 7.21. The molecule has 1 aromatic rings. The number of Topliss-reactive ketones (excluding diaryl/α,β-unsaturated/α-hetero) is 1. The lowest BCUT2D eigenvalue weighted by atomic mass is 10.1. The van der Waals surface area contributed by atoms with E-state index in [1.807, 2.05) is 0 Å². The third kappa shape index (κ3) is 5.77. The summed E-state index contributed by atoms with van der Waals surface area (Å²) >= 11 is 0. The number of piperazine rings is 1. The molecule has 1 aliphatic rings. The molecule has 126 valence electrons. The number of nitrogens with one attached hydrogen (secondary N) is 1. The Balaban J connectivity index is 1.83. The second kappa shape index (κ2) is 8.79. The van der Waals surface area contributed by atoms with E-state index in [9.17, 15) is 9.59 Å². The molecule has 1 heterocycles. The van der Waals surface area contributed by atoms with Gasteiger partial charge in [-0.2, -0.15) is 0 Å². The Morgan fingerprint density at radius 2 is 1.74 bits per heavy atom. The van der Waals surface area contributed by atoms with E-state index in [0.717, 1.165) is 44.7 Å². The van der Waals surface area contributed by atoms with Crippen LogP contribution in [0.3, 0.4) is 0 Å². The fourth-order valence-corrected chi connectivity index (χ4v) is 2.60. The lowest BCUT2D eigenvalue weighted by Gasteiger charge is -2.31. The van der Waals surface area contributed by atoms with Gasteiger partial charge in [0.2, 0.25) is 5.91 Å². The largest absolute Gasteiger partial charge is 0.326 e. The monoisotopic (exact) mass is 317 g/mol. The highest BCUT2D eigenvalue weighted by Crippen LogP contribution is 2.12. The fraction of sp³-hybridized carbons (Fsp3) is 0.556. The molecule has 2 rings (SSSR count). The van der Waals surface area contributed by atoms with Crippen molar-refractivity contribution < 1.29 is 9.59 Å². The number of carbonyl (C=O) groups excluding carboxylic acids is 2. The SMILES string of the molecule is CCCCC(=O)Nc1ccc(C(=O)CN2CCN(C)CC2)cc1. The summed E-state index contributed by atoms with van der Waals surface area (Å²) in [4.78, 5) is 28.5. The van der Waals surface area contributed by atoms with Gasteiger partial charge in [-0.25, -0.2) is 0 Å². The van der Waals surface area contributed by atoms with Gasteiger partial charge in [-0.1, -0.05) is 13.3 Å². The van der Waals surface area contributed by atoms with Crippen molar-refractivity contribution in [2.24, 2.45) is 0 Å². The zero-order chi connectivity index (χ0) is 16.7. The minimum atomic E-state index is 0.0309. The van der Waals surface area contributed by atoms with Crippen LogP contribution in [0.5, 0.6) is 0 Å². The van der Waals surface area contributed by atoms with Crippen molar-refractivity contribution in [2.75, 3.05) is 45.1 Å². The number of rotatable bonds is 7. The van der Waals surface area contributed by atoms with Crippen LogP contribution >= 0.6 is 0 Å². The second-order valence-corrected chi connectivity index (χ2v) is 6.23. The molecule has 1 aromatic carbocycles. The minimum Gasteiger partial charge on any atom is -0.326 e. The van der Waals surface area contributed by atoms with E-state index in [1.165, 1.54) is 0 Å². The Hall–Kier alpha value is -1.72. The quantitative estimate of drug-likeness (QED) is 0.784. The maximum atomic E-state index is 12.3. The molecular formula is C18H27N3O2. The molecule has 1 aliphatic heterocycles. The Morgan fingerprint density at radius 1 is 1.09 bits per heavy atom. The summed E-state index contributed by atoms with van der Waals surface area (Å²) in [5, 5.41) is 2.86. The first-order valence-corrected chi connectivity index (χ1v) is 8.42.